The van der Waals surface area contributed by atoms with Crippen LogP contribution in [0, 0.1) is 5.41 Å². The van der Waals surface area contributed by atoms with Crippen molar-refractivity contribution in [2.45, 2.75) is 6.54 Å². The largest absolute Gasteiger partial charge is 0.480 e. The van der Waals surface area contributed by atoms with Gasteiger partial charge in [-0.3, -0.25) is 19.9 Å². The number of amidine groups is 1. The molecule has 0 aliphatic heterocycles. The molecule has 0 saturated carbocycles. The quantitative estimate of drug-likeness (QED) is 0.265. The first-order valence-electron chi connectivity index (χ1n) is 10.8. The Bertz CT molecular complexity index is 1400. The molecule has 0 atom stereocenters. The van der Waals surface area contributed by atoms with Gasteiger partial charge in [-0.2, -0.15) is 0 Å². The minimum atomic E-state index is -1.13. The summed E-state index contributed by atoms with van der Waals surface area (Å²) in [6, 6.07) is 17.5. The SMILES string of the molecule is CN(Cc1nc2cc(C(=O)N(CC(=O)O)c3ccccn3)ccc2n1C)c1ccc(C(=N)N)cc1. The van der Waals surface area contributed by atoms with Crippen LogP contribution >= 0.6 is 0 Å². The Balaban J connectivity index is 1.60. The molecule has 4 N–H and O–H groups in total. The lowest BCUT2D eigenvalue weighted by atomic mass is 10.1. The molecule has 1 amide bonds. The van der Waals surface area contributed by atoms with Gasteiger partial charge in [-0.25, -0.2) is 9.97 Å². The molecule has 0 spiro atoms. The number of hydrogen-bond acceptors (Lipinski definition) is 6. The Morgan fingerprint density at radius 1 is 1.09 bits per heavy atom. The van der Waals surface area contributed by atoms with Crippen LogP contribution in [0.15, 0.2) is 66.9 Å². The third kappa shape index (κ3) is 4.96. The van der Waals surface area contributed by atoms with E-state index in [4.69, 9.17) is 16.1 Å². The molecule has 0 aliphatic carbocycles. The number of nitrogens with two attached hydrogens (primary N) is 1. The number of rotatable bonds is 8. The molecule has 10 heteroatoms. The van der Waals surface area contributed by atoms with Gasteiger partial charge in [0.1, 0.15) is 24.0 Å². The predicted molar refractivity (Wildman–Crippen MR) is 134 cm³/mol. The minimum absolute atomic E-state index is 0.0184. The summed E-state index contributed by atoms with van der Waals surface area (Å²) in [6.45, 7) is 0.00151. The Kier molecular flexibility index (Phi) is 6.45. The Hall–Kier alpha value is -4.73. The average Bonchev–Trinajstić information content (AvgIpc) is 3.16. The van der Waals surface area contributed by atoms with Gasteiger partial charge >= 0.3 is 5.97 Å². The fraction of sp³-hybridized carbons (Fsp3) is 0.160. The summed E-state index contributed by atoms with van der Waals surface area (Å²) in [5.41, 5.74) is 8.93. The number of hydrogen-bond donors (Lipinski definition) is 3. The molecular formula is C25H25N7O3. The highest BCUT2D eigenvalue weighted by Gasteiger charge is 2.22. The number of aliphatic carboxylic acids is 1. The Morgan fingerprint density at radius 2 is 1.80 bits per heavy atom. The number of fused-ring (bicyclic) bond motifs is 1. The molecule has 2 aromatic heterocycles. The first kappa shape index (κ1) is 23.4. The fourth-order valence-corrected chi connectivity index (χ4v) is 3.78. The molecule has 2 aromatic carbocycles. The van der Waals surface area contributed by atoms with Crippen LogP contribution in [-0.4, -0.2) is 50.9 Å². The molecule has 10 nitrogen and oxygen atoms in total. The maximum atomic E-state index is 13.2. The highest BCUT2D eigenvalue weighted by atomic mass is 16.4. The summed E-state index contributed by atoms with van der Waals surface area (Å²) in [5, 5.41) is 16.8. The number of aryl methyl sites for hydroxylation is 1. The lowest BCUT2D eigenvalue weighted by Gasteiger charge is -2.19. The molecular weight excluding hydrogens is 446 g/mol. The van der Waals surface area contributed by atoms with E-state index in [9.17, 15) is 14.7 Å². The average molecular weight is 472 g/mol. The van der Waals surface area contributed by atoms with E-state index < -0.39 is 18.4 Å². The number of imidazole rings is 1. The maximum absolute atomic E-state index is 13.2. The molecule has 4 aromatic rings. The van der Waals surface area contributed by atoms with Crippen molar-refractivity contribution in [2.75, 3.05) is 23.4 Å². The summed E-state index contributed by atoms with van der Waals surface area (Å²) in [4.78, 5) is 36.6. The first-order valence-corrected chi connectivity index (χ1v) is 10.8. The van der Waals surface area contributed by atoms with Crippen LogP contribution in [0.1, 0.15) is 21.7 Å². The number of nitrogen functional groups attached to an aromatic ring is 1. The molecule has 0 aliphatic rings. The number of pyridine rings is 1. The number of nitrogens with one attached hydrogen (secondary N) is 1. The van der Waals surface area contributed by atoms with Gasteiger partial charge in [0, 0.05) is 37.1 Å². The summed E-state index contributed by atoms with van der Waals surface area (Å²) >= 11 is 0. The van der Waals surface area contributed by atoms with E-state index in [1.807, 2.05) is 35.7 Å². The molecule has 35 heavy (non-hydrogen) atoms. The molecule has 0 radical (unpaired) electrons. The normalized spacial score (nSPS) is 10.8. The summed E-state index contributed by atoms with van der Waals surface area (Å²) in [7, 11) is 3.84. The summed E-state index contributed by atoms with van der Waals surface area (Å²) in [6.07, 6.45) is 1.51. The van der Waals surface area contributed by atoms with Gasteiger partial charge < -0.3 is 20.3 Å². The number of carbonyl (C=O) groups excluding carboxylic acids is 1. The Morgan fingerprint density at radius 3 is 2.43 bits per heavy atom. The summed E-state index contributed by atoms with van der Waals surface area (Å²) < 4.78 is 1.96. The third-order valence-electron chi connectivity index (χ3n) is 5.68. The zero-order valence-electron chi connectivity index (χ0n) is 19.3. The van der Waals surface area contributed by atoms with Crippen molar-refractivity contribution in [1.29, 1.82) is 5.41 Å². The highest BCUT2D eigenvalue weighted by Crippen LogP contribution is 2.22. The van der Waals surface area contributed by atoms with Crippen LogP contribution in [0.4, 0.5) is 11.5 Å². The van der Waals surface area contributed by atoms with E-state index in [1.165, 1.54) is 6.20 Å². The van der Waals surface area contributed by atoms with E-state index >= 15 is 0 Å². The van der Waals surface area contributed by atoms with E-state index in [1.54, 1.807) is 48.5 Å². The minimum Gasteiger partial charge on any atom is -0.480 e. The van der Waals surface area contributed by atoms with Crippen LogP contribution in [0.5, 0.6) is 0 Å². The number of carbonyl (C=O) groups is 2. The number of nitrogens with zero attached hydrogens (tertiary/aromatic N) is 5. The lowest BCUT2D eigenvalue weighted by Crippen LogP contribution is -2.36. The molecule has 178 valence electrons. The van der Waals surface area contributed by atoms with Crippen LogP contribution in [-0.2, 0) is 18.4 Å². The zero-order chi connectivity index (χ0) is 25.1. The number of aromatic nitrogens is 3. The van der Waals surface area contributed by atoms with Crippen LogP contribution < -0.4 is 15.5 Å². The van der Waals surface area contributed by atoms with Crippen LogP contribution in [0.25, 0.3) is 11.0 Å². The van der Waals surface area contributed by atoms with E-state index in [2.05, 4.69) is 4.98 Å². The van der Waals surface area contributed by atoms with Gasteiger partial charge in [0.15, 0.2) is 0 Å². The second kappa shape index (κ2) is 9.64. The number of anilines is 2. The maximum Gasteiger partial charge on any atom is 0.323 e. The fourth-order valence-electron chi connectivity index (χ4n) is 3.78. The summed E-state index contributed by atoms with van der Waals surface area (Å²) in [5.74, 6) is -0.536. The molecule has 0 fully saturated rings. The van der Waals surface area contributed by atoms with Crippen LogP contribution in [0.2, 0.25) is 0 Å². The van der Waals surface area contributed by atoms with Crippen LogP contribution in [0.3, 0.4) is 0 Å². The van der Waals surface area contributed by atoms with E-state index in [0.717, 1.165) is 21.9 Å². The number of carboxylic acids is 1. The molecule has 0 bridgehead atoms. The van der Waals surface area contributed by atoms with Crippen molar-refractivity contribution < 1.29 is 14.7 Å². The predicted octanol–water partition coefficient (Wildman–Crippen LogP) is 2.62. The van der Waals surface area contributed by atoms with E-state index in [0.29, 0.717) is 23.2 Å². The number of amides is 1. The van der Waals surface area contributed by atoms with Crippen molar-refractivity contribution in [1.82, 2.24) is 14.5 Å². The third-order valence-corrected chi connectivity index (χ3v) is 5.68. The smallest absolute Gasteiger partial charge is 0.323 e. The second-order valence-electron chi connectivity index (χ2n) is 8.08. The Labute approximate surface area is 201 Å². The van der Waals surface area contributed by atoms with Gasteiger partial charge in [-0.15, -0.1) is 0 Å². The van der Waals surface area contributed by atoms with Gasteiger partial charge in [-0.1, -0.05) is 6.07 Å². The number of carboxylic acid groups (broad SMARTS) is 1. The van der Waals surface area contributed by atoms with Crippen molar-refractivity contribution in [3.63, 3.8) is 0 Å². The zero-order valence-corrected chi connectivity index (χ0v) is 19.3. The lowest BCUT2D eigenvalue weighted by molar-refractivity contribution is -0.135. The topological polar surface area (TPSA) is 141 Å². The van der Waals surface area contributed by atoms with Crippen molar-refractivity contribution in [3.8, 4) is 0 Å². The monoisotopic (exact) mass is 471 g/mol. The van der Waals surface area contributed by atoms with Gasteiger partial charge in [-0.05, 0) is 54.6 Å². The van der Waals surface area contributed by atoms with Gasteiger partial charge in [0.2, 0.25) is 0 Å². The molecule has 0 unspecified atom stereocenters. The van der Waals surface area contributed by atoms with E-state index in [-0.39, 0.29) is 11.7 Å². The molecule has 2 heterocycles. The van der Waals surface area contributed by atoms with Crippen molar-refractivity contribution in [2.24, 2.45) is 12.8 Å². The van der Waals surface area contributed by atoms with Crippen molar-refractivity contribution in [3.05, 3.63) is 83.8 Å². The van der Waals surface area contributed by atoms with Crippen molar-refractivity contribution >= 4 is 40.3 Å². The molecule has 0 saturated heterocycles. The highest BCUT2D eigenvalue weighted by molar-refractivity contribution is 6.09. The standard InChI is InChI=1S/C25H25N7O3/c1-30(18-9-6-16(7-10-18)24(26)27)14-22-29-19-13-17(8-11-20(19)31(22)2)25(35)32(15-23(33)34)21-5-3-4-12-28-21/h3-13H,14-15H2,1-2H3,(H3,26,27)(H,33,34). The van der Waals surface area contributed by atoms with Gasteiger partial charge in [0.05, 0.1) is 17.6 Å². The second-order valence-corrected chi connectivity index (χ2v) is 8.08. The molecule has 4 rings (SSSR count). The number of benzene rings is 2. The van der Waals surface area contributed by atoms with Gasteiger partial charge in [0.25, 0.3) is 5.91 Å². The first-order chi connectivity index (χ1) is 16.7.